The number of thioether (sulfide) groups is 1. The molecule has 0 fully saturated rings. The van der Waals surface area contributed by atoms with Gasteiger partial charge in [-0.25, -0.2) is 0 Å². The SMILES string of the molecule is N#CSCCOCc1ccccc1. The zero-order valence-corrected chi connectivity index (χ0v) is 8.09. The summed E-state index contributed by atoms with van der Waals surface area (Å²) in [6.45, 7) is 1.26. The van der Waals surface area contributed by atoms with Crippen LogP contribution in [0.15, 0.2) is 30.3 Å². The minimum absolute atomic E-state index is 0.632. The van der Waals surface area contributed by atoms with Gasteiger partial charge in [-0.05, 0) is 17.3 Å². The van der Waals surface area contributed by atoms with Gasteiger partial charge in [0.2, 0.25) is 0 Å². The number of nitrogens with zero attached hydrogens (tertiary/aromatic N) is 1. The molecule has 0 radical (unpaired) electrons. The average molecular weight is 193 g/mol. The van der Waals surface area contributed by atoms with Crippen LogP contribution in [-0.2, 0) is 11.3 Å². The van der Waals surface area contributed by atoms with Crippen LogP contribution in [0.4, 0.5) is 0 Å². The van der Waals surface area contributed by atoms with Crippen LogP contribution >= 0.6 is 11.8 Å². The molecule has 0 bridgehead atoms. The van der Waals surface area contributed by atoms with Crippen LogP contribution < -0.4 is 0 Å². The van der Waals surface area contributed by atoms with Crippen molar-refractivity contribution in [2.45, 2.75) is 6.61 Å². The zero-order chi connectivity index (χ0) is 9.36. The molecule has 0 atom stereocenters. The van der Waals surface area contributed by atoms with Crippen LogP contribution in [0.2, 0.25) is 0 Å². The van der Waals surface area contributed by atoms with E-state index in [1.807, 2.05) is 35.7 Å². The molecule has 0 aromatic heterocycles. The van der Waals surface area contributed by atoms with E-state index in [2.05, 4.69) is 0 Å². The number of rotatable bonds is 5. The summed E-state index contributed by atoms with van der Waals surface area (Å²) in [7, 11) is 0. The third kappa shape index (κ3) is 4.56. The molecule has 1 rings (SSSR count). The summed E-state index contributed by atoms with van der Waals surface area (Å²) < 4.78 is 5.35. The van der Waals surface area contributed by atoms with Crippen molar-refractivity contribution in [1.82, 2.24) is 0 Å². The fourth-order valence-corrected chi connectivity index (χ4v) is 1.20. The molecule has 68 valence electrons. The molecule has 1 aromatic rings. The highest BCUT2D eigenvalue weighted by Crippen LogP contribution is 2.01. The Balaban J connectivity index is 2.11. The van der Waals surface area contributed by atoms with Gasteiger partial charge in [0.05, 0.1) is 13.2 Å². The maximum absolute atomic E-state index is 8.24. The van der Waals surface area contributed by atoms with Crippen molar-refractivity contribution in [1.29, 1.82) is 5.26 Å². The Morgan fingerprint density at radius 3 is 2.77 bits per heavy atom. The first-order valence-electron chi connectivity index (χ1n) is 4.06. The maximum Gasteiger partial charge on any atom is 0.133 e. The lowest BCUT2D eigenvalue weighted by Gasteiger charge is -2.01. The Morgan fingerprint density at radius 1 is 1.31 bits per heavy atom. The summed E-state index contributed by atoms with van der Waals surface area (Å²) in [6, 6.07) is 10.0. The molecule has 0 saturated carbocycles. The van der Waals surface area contributed by atoms with Crippen LogP contribution in [0, 0.1) is 10.7 Å². The Labute approximate surface area is 82.5 Å². The summed E-state index contributed by atoms with van der Waals surface area (Å²) in [5.74, 6) is 0.739. The van der Waals surface area contributed by atoms with Crippen molar-refractivity contribution in [2.24, 2.45) is 0 Å². The summed E-state index contributed by atoms with van der Waals surface area (Å²) in [4.78, 5) is 0. The molecule has 1 aromatic carbocycles. The smallest absolute Gasteiger partial charge is 0.133 e. The molecule has 0 aliphatic heterocycles. The maximum atomic E-state index is 8.24. The van der Waals surface area contributed by atoms with Crippen LogP contribution in [0.1, 0.15) is 5.56 Å². The molecule has 3 heteroatoms. The normalized spacial score (nSPS) is 9.46. The second kappa shape index (κ2) is 6.53. The van der Waals surface area contributed by atoms with Gasteiger partial charge in [-0.2, -0.15) is 5.26 Å². The second-order valence-corrected chi connectivity index (χ2v) is 3.36. The second-order valence-electron chi connectivity index (χ2n) is 2.48. The van der Waals surface area contributed by atoms with E-state index in [-0.39, 0.29) is 0 Å². The van der Waals surface area contributed by atoms with E-state index in [1.54, 1.807) is 0 Å². The molecular formula is C10H11NOS. The highest BCUT2D eigenvalue weighted by atomic mass is 32.2. The van der Waals surface area contributed by atoms with Crippen molar-refractivity contribution < 1.29 is 4.74 Å². The minimum Gasteiger partial charge on any atom is -0.376 e. The molecule has 0 unspecified atom stereocenters. The van der Waals surface area contributed by atoms with Gasteiger partial charge in [0.25, 0.3) is 0 Å². The monoisotopic (exact) mass is 193 g/mol. The van der Waals surface area contributed by atoms with Gasteiger partial charge in [-0.1, -0.05) is 30.3 Å². The fourth-order valence-electron chi connectivity index (χ4n) is 0.910. The van der Waals surface area contributed by atoms with Crippen molar-refractivity contribution in [2.75, 3.05) is 12.4 Å². The average Bonchev–Trinajstić information content (AvgIpc) is 2.19. The van der Waals surface area contributed by atoms with E-state index >= 15 is 0 Å². The van der Waals surface area contributed by atoms with Gasteiger partial charge in [-0.15, -0.1) is 0 Å². The third-order valence-electron chi connectivity index (χ3n) is 1.51. The minimum atomic E-state index is 0.632. The van der Waals surface area contributed by atoms with Gasteiger partial charge in [0, 0.05) is 5.75 Å². The lowest BCUT2D eigenvalue weighted by molar-refractivity contribution is 0.136. The number of benzene rings is 1. The van der Waals surface area contributed by atoms with Gasteiger partial charge >= 0.3 is 0 Å². The first-order valence-corrected chi connectivity index (χ1v) is 5.04. The van der Waals surface area contributed by atoms with Gasteiger partial charge in [0.15, 0.2) is 0 Å². The highest BCUT2D eigenvalue weighted by Gasteiger charge is 1.91. The van der Waals surface area contributed by atoms with Gasteiger partial charge < -0.3 is 4.74 Å². The van der Waals surface area contributed by atoms with E-state index < -0.39 is 0 Å². The van der Waals surface area contributed by atoms with Crippen LogP contribution in [0.25, 0.3) is 0 Å². The van der Waals surface area contributed by atoms with E-state index in [4.69, 9.17) is 10.00 Å². The van der Waals surface area contributed by atoms with E-state index in [1.165, 1.54) is 17.3 Å². The zero-order valence-electron chi connectivity index (χ0n) is 7.27. The molecule has 0 saturated heterocycles. The Bertz CT molecular complexity index is 268. The summed E-state index contributed by atoms with van der Waals surface area (Å²) >= 11 is 1.22. The molecule has 0 N–H and O–H groups in total. The first-order chi connectivity index (χ1) is 6.43. The molecular weight excluding hydrogens is 182 g/mol. The van der Waals surface area contributed by atoms with E-state index in [0.717, 1.165) is 5.75 Å². The van der Waals surface area contributed by atoms with Crippen molar-refractivity contribution in [3.63, 3.8) is 0 Å². The van der Waals surface area contributed by atoms with Gasteiger partial charge in [-0.3, -0.25) is 0 Å². The summed E-state index contributed by atoms with van der Waals surface area (Å²) in [5, 5.41) is 10.2. The lowest BCUT2D eigenvalue weighted by Crippen LogP contribution is -1.96. The topological polar surface area (TPSA) is 33.0 Å². The number of thiocyanates is 1. The number of nitriles is 1. The predicted molar refractivity (Wildman–Crippen MR) is 54.2 cm³/mol. The lowest BCUT2D eigenvalue weighted by atomic mass is 10.2. The molecule has 2 nitrogen and oxygen atoms in total. The Morgan fingerprint density at radius 2 is 2.08 bits per heavy atom. The quantitative estimate of drug-likeness (QED) is 0.532. The van der Waals surface area contributed by atoms with Crippen molar-refractivity contribution >= 4 is 11.8 Å². The molecule has 0 aliphatic carbocycles. The van der Waals surface area contributed by atoms with Crippen molar-refractivity contribution in [3.8, 4) is 5.40 Å². The standard InChI is InChI=1S/C10H11NOS/c11-9-13-7-6-12-8-10-4-2-1-3-5-10/h1-5H,6-8H2. The molecule has 0 spiro atoms. The highest BCUT2D eigenvalue weighted by molar-refractivity contribution is 8.03. The number of hydrogen-bond donors (Lipinski definition) is 0. The summed E-state index contributed by atoms with van der Waals surface area (Å²) in [5.41, 5.74) is 1.17. The van der Waals surface area contributed by atoms with E-state index in [0.29, 0.717) is 13.2 Å². The largest absolute Gasteiger partial charge is 0.376 e. The molecule has 13 heavy (non-hydrogen) atoms. The first kappa shape index (κ1) is 10.1. The van der Waals surface area contributed by atoms with Crippen LogP contribution in [0.3, 0.4) is 0 Å². The number of ether oxygens (including phenoxy) is 1. The molecule has 0 heterocycles. The number of hydrogen-bond acceptors (Lipinski definition) is 3. The van der Waals surface area contributed by atoms with Crippen molar-refractivity contribution in [3.05, 3.63) is 35.9 Å². The van der Waals surface area contributed by atoms with Crippen LogP contribution in [-0.4, -0.2) is 12.4 Å². The fraction of sp³-hybridized carbons (Fsp3) is 0.300. The van der Waals surface area contributed by atoms with Crippen LogP contribution in [0.5, 0.6) is 0 Å². The summed E-state index contributed by atoms with van der Waals surface area (Å²) in [6.07, 6.45) is 0. The van der Waals surface area contributed by atoms with Gasteiger partial charge in [0.1, 0.15) is 5.40 Å². The Kier molecular flexibility index (Phi) is 5.07. The molecule has 0 amide bonds. The predicted octanol–water partition coefficient (Wildman–Crippen LogP) is 2.42. The van der Waals surface area contributed by atoms with E-state index in [9.17, 15) is 0 Å². The molecule has 0 aliphatic rings. The third-order valence-corrected chi connectivity index (χ3v) is 2.01. The Hall–Kier alpha value is -0.980.